The smallest absolute Gasteiger partial charge is 0.325 e. The number of cyclic esters (lactones) is 1. The topological polar surface area (TPSA) is 142 Å². The van der Waals surface area contributed by atoms with Gasteiger partial charge in [-0.05, 0) is 31.8 Å². The van der Waals surface area contributed by atoms with Crippen molar-refractivity contribution in [2.75, 3.05) is 20.1 Å². The van der Waals surface area contributed by atoms with Gasteiger partial charge in [0, 0.05) is 18.8 Å². The molecule has 0 aromatic carbocycles. The number of carbonyl (C=O) groups excluding carboxylic acids is 5. The van der Waals surface area contributed by atoms with Gasteiger partial charge in [-0.1, -0.05) is 91.6 Å². The number of hydrogen-bond acceptors (Lipinski definition) is 7. The van der Waals surface area contributed by atoms with Crippen LogP contribution >= 0.6 is 0 Å². The van der Waals surface area contributed by atoms with E-state index in [0.29, 0.717) is 12.8 Å². The maximum atomic E-state index is 13.2. The molecule has 0 spiro atoms. The number of allylic oxidation sites excluding steroid dienone is 1. The first-order chi connectivity index (χ1) is 19.7. The van der Waals surface area contributed by atoms with E-state index < -0.39 is 53.6 Å². The number of nitrogens with one attached hydrogen (secondary N) is 2. The summed E-state index contributed by atoms with van der Waals surface area (Å²) < 4.78 is 5.65. The van der Waals surface area contributed by atoms with Crippen LogP contribution < -0.4 is 10.6 Å². The molecule has 3 atom stereocenters. The van der Waals surface area contributed by atoms with E-state index in [-0.39, 0.29) is 12.2 Å². The minimum atomic E-state index is -2.45. The van der Waals surface area contributed by atoms with Crippen LogP contribution in [0.2, 0.25) is 0 Å². The van der Waals surface area contributed by atoms with Crippen LogP contribution in [-0.2, 0) is 28.7 Å². The lowest BCUT2D eigenvalue weighted by Crippen LogP contribution is -2.55. The van der Waals surface area contributed by atoms with Crippen LogP contribution in [0, 0.1) is 11.8 Å². The summed E-state index contributed by atoms with van der Waals surface area (Å²) in [4.78, 5) is 64.3. The molecule has 1 rings (SSSR count). The Hall–Kier alpha value is -3.01. The number of likely N-dealkylation sites (N-methyl/N-ethyl adjacent to an activating group) is 1. The number of hydrogen-bond donors (Lipinski definition) is 3. The lowest BCUT2D eigenvalue weighted by atomic mass is 9.85. The molecule has 3 amide bonds. The predicted octanol–water partition coefficient (Wildman–Crippen LogP) is 3.97. The summed E-state index contributed by atoms with van der Waals surface area (Å²) >= 11 is 0. The van der Waals surface area contributed by atoms with Crippen LogP contribution in [0.15, 0.2) is 24.4 Å². The Kier molecular flexibility index (Phi) is 16.9. The van der Waals surface area contributed by atoms with Crippen molar-refractivity contribution in [3.05, 3.63) is 24.4 Å². The fraction of sp³-hybridized carbons (Fsp3) is 0.719. The van der Waals surface area contributed by atoms with Crippen molar-refractivity contribution in [2.24, 2.45) is 11.8 Å². The number of aliphatic hydroxyl groups is 1. The van der Waals surface area contributed by atoms with Crippen LogP contribution in [0.5, 0.6) is 0 Å². The molecule has 0 saturated carbocycles. The quantitative estimate of drug-likeness (QED) is 0.167. The molecule has 0 fully saturated rings. The van der Waals surface area contributed by atoms with Crippen molar-refractivity contribution in [1.82, 2.24) is 15.5 Å². The molecule has 0 aromatic rings. The lowest BCUT2D eigenvalue weighted by Gasteiger charge is -2.29. The van der Waals surface area contributed by atoms with E-state index in [1.807, 2.05) is 0 Å². The molecule has 1 aliphatic rings. The molecule has 1 heterocycles. The number of unbranched alkanes of at least 4 members (excludes halogenated alkanes) is 9. The maximum absolute atomic E-state index is 13.2. The van der Waals surface area contributed by atoms with E-state index in [1.165, 1.54) is 65.0 Å². The Morgan fingerprint density at radius 1 is 0.976 bits per heavy atom. The minimum Gasteiger partial charge on any atom is -0.460 e. The average Bonchev–Trinajstić information content (AvgIpc) is 2.92. The van der Waals surface area contributed by atoms with Gasteiger partial charge in [0.15, 0.2) is 11.4 Å². The normalized spacial score (nSPS) is 23.5. The highest BCUT2D eigenvalue weighted by atomic mass is 16.5. The molecule has 0 saturated heterocycles. The second-order valence-electron chi connectivity index (χ2n) is 12.0. The zero-order valence-electron chi connectivity index (χ0n) is 26.3. The summed E-state index contributed by atoms with van der Waals surface area (Å²) in [6.07, 6.45) is 14.5. The monoisotopic (exact) mass is 591 g/mol. The minimum absolute atomic E-state index is 0.0801. The SMILES string of the molecule is C=C1C=CC(=O)N(C)CC(=O)O[C@@H](CCCCCCCCCCCCC(C)C)[C@H](C)C(=O)[C@](C)(O)C(=O)NCC(=O)N1. The van der Waals surface area contributed by atoms with Gasteiger partial charge in [0.2, 0.25) is 11.8 Å². The Morgan fingerprint density at radius 3 is 2.10 bits per heavy atom. The summed E-state index contributed by atoms with van der Waals surface area (Å²) in [5.41, 5.74) is -2.37. The van der Waals surface area contributed by atoms with Crippen molar-refractivity contribution in [2.45, 2.75) is 116 Å². The number of Topliss-reactive ketones (excluding diaryl/α,β-unsaturated/α-hetero) is 1. The van der Waals surface area contributed by atoms with Gasteiger partial charge in [-0.3, -0.25) is 24.0 Å². The van der Waals surface area contributed by atoms with E-state index in [4.69, 9.17) is 4.74 Å². The van der Waals surface area contributed by atoms with Crippen LogP contribution in [0.3, 0.4) is 0 Å². The maximum Gasteiger partial charge on any atom is 0.325 e. The zero-order chi connectivity index (χ0) is 31.7. The Labute approximate surface area is 251 Å². The molecule has 0 aromatic heterocycles. The van der Waals surface area contributed by atoms with Crippen molar-refractivity contribution in [3.63, 3.8) is 0 Å². The molecule has 3 N–H and O–H groups in total. The highest BCUT2D eigenvalue weighted by Crippen LogP contribution is 2.23. The first-order valence-electron chi connectivity index (χ1n) is 15.4. The van der Waals surface area contributed by atoms with Crippen LogP contribution in [-0.4, -0.2) is 71.3 Å². The van der Waals surface area contributed by atoms with Gasteiger partial charge in [0.1, 0.15) is 12.6 Å². The van der Waals surface area contributed by atoms with Crippen LogP contribution in [0.25, 0.3) is 0 Å². The lowest BCUT2D eigenvalue weighted by molar-refractivity contribution is -0.162. The zero-order valence-corrected chi connectivity index (χ0v) is 26.3. The molecule has 0 unspecified atom stereocenters. The van der Waals surface area contributed by atoms with Gasteiger partial charge in [-0.25, -0.2) is 0 Å². The van der Waals surface area contributed by atoms with E-state index in [0.717, 1.165) is 43.1 Å². The van der Waals surface area contributed by atoms with Gasteiger partial charge in [0.05, 0.1) is 12.5 Å². The third kappa shape index (κ3) is 14.2. The number of rotatable bonds is 13. The molecular weight excluding hydrogens is 538 g/mol. The van der Waals surface area contributed by atoms with Gasteiger partial charge in [-0.2, -0.15) is 0 Å². The summed E-state index contributed by atoms with van der Waals surface area (Å²) in [7, 11) is 1.42. The number of nitrogens with zero attached hydrogens (tertiary/aromatic N) is 1. The van der Waals surface area contributed by atoms with E-state index in [1.54, 1.807) is 0 Å². The summed E-state index contributed by atoms with van der Waals surface area (Å²) in [6, 6.07) is 0. The number of amides is 3. The average molecular weight is 592 g/mol. The molecule has 42 heavy (non-hydrogen) atoms. The Balaban J connectivity index is 2.77. The molecule has 0 aliphatic carbocycles. The predicted molar refractivity (Wildman–Crippen MR) is 162 cm³/mol. The number of ketones is 1. The fourth-order valence-corrected chi connectivity index (χ4v) is 4.82. The molecule has 238 valence electrons. The molecule has 0 radical (unpaired) electrons. The van der Waals surface area contributed by atoms with Gasteiger partial charge in [-0.15, -0.1) is 0 Å². The number of carbonyl (C=O) groups is 5. The van der Waals surface area contributed by atoms with Crippen molar-refractivity contribution < 1.29 is 33.8 Å². The van der Waals surface area contributed by atoms with Crippen LogP contribution in [0.1, 0.15) is 105 Å². The second-order valence-corrected chi connectivity index (χ2v) is 12.0. The third-order valence-electron chi connectivity index (χ3n) is 7.58. The van der Waals surface area contributed by atoms with E-state index >= 15 is 0 Å². The Morgan fingerprint density at radius 2 is 1.52 bits per heavy atom. The van der Waals surface area contributed by atoms with Crippen molar-refractivity contribution in [3.8, 4) is 0 Å². The largest absolute Gasteiger partial charge is 0.460 e. The van der Waals surface area contributed by atoms with Gasteiger partial charge < -0.3 is 25.4 Å². The Bertz CT molecular complexity index is 958. The van der Waals surface area contributed by atoms with Crippen molar-refractivity contribution >= 4 is 29.5 Å². The fourth-order valence-electron chi connectivity index (χ4n) is 4.82. The summed E-state index contributed by atoms with van der Waals surface area (Å²) in [6.45, 7) is 9.81. The third-order valence-corrected chi connectivity index (χ3v) is 7.58. The van der Waals surface area contributed by atoms with E-state index in [9.17, 15) is 29.1 Å². The second kappa shape index (κ2) is 19.2. The highest BCUT2D eigenvalue weighted by molar-refractivity contribution is 6.10. The summed E-state index contributed by atoms with van der Waals surface area (Å²) in [5, 5.41) is 15.4. The first kappa shape index (κ1) is 37.0. The molecular formula is C32H53N3O7. The molecule has 10 nitrogen and oxygen atoms in total. The van der Waals surface area contributed by atoms with E-state index in [2.05, 4.69) is 31.1 Å². The van der Waals surface area contributed by atoms with Crippen molar-refractivity contribution in [1.29, 1.82) is 0 Å². The standard InChI is InChI=1S/C32H53N3O7/c1-23(2)17-15-13-11-9-7-8-10-12-14-16-18-26-25(4)30(39)32(5,41)31(40)33-21-27(36)34-24(3)19-20-28(37)35(6)22-29(38)42-26/h19-20,23,25-26,41H,3,7-18,21-22H2,1-2,4-6H3,(H,33,40)(H,34,36)/t25-,26-,32-/m0/s1. The molecule has 0 bridgehead atoms. The number of ether oxygens (including phenoxy) is 1. The molecule has 1 aliphatic heterocycles. The molecule has 10 heteroatoms. The highest BCUT2D eigenvalue weighted by Gasteiger charge is 2.44. The van der Waals surface area contributed by atoms with Crippen LogP contribution in [0.4, 0.5) is 0 Å². The van der Waals surface area contributed by atoms with Gasteiger partial charge >= 0.3 is 5.97 Å². The summed E-state index contributed by atoms with van der Waals surface area (Å²) in [5.74, 6) is -3.98. The number of esters is 1. The first-order valence-corrected chi connectivity index (χ1v) is 15.4. The van der Waals surface area contributed by atoms with Gasteiger partial charge in [0.25, 0.3) is 5.91 Å².